The number of esters is 1. The van der Waals surface area contributed by atoms with Gasteiger partial charge in [0, 0.05) is 0 Å². The summed E-state index contributed by atoms with van der Waals surface area (Å²) in [6.07, 6.45) is 2.30. The number of nitrogens with zero attached hydrogens (tertiary/aromatic N) is 1. The van der Waals surface area contributed by atoms with E-state index >= 15 is 0 Å². The molecule has 84 valence electrons. The van der Waals surface area contributed by atoms with Crippen molar-refractivity contribution in [1.82, 2.24) is 4.90 Å². The molecule has 0 spiro atoms. The quantitative estimate of drug-likeness (QED) is 0.590. The molecule has 0 fully saturated rings. The molecule has 0 saturated carbocycles. The molecule has 0 atom stereocenters. The Morgan fingerprint density at radius 3 is 2.43 bits per heavy atom. The normalized spacial score (nSPS) is 11.0. The fraction of sp³-hybridized carbons (Fsp3) is 0.909. The maximum atomic E-state index is 11.3. The van der Waals surface area contributed by atoms with Crippen LogP contribution in [0.3, 0.4) is 0 Å². The van der Waals surface area contributed by atoms with E-state index < -0.39 is 0 Å². The lowest BCUT2D eigenvalue weighted by Crippen LogP contribution is -2.32. The lowest BCUT2D eigenvalue weighted by molar-refractivity contribution is -0.148. The molecule has 0 rings (SSSR count). The average molecular weight is 201 g/mol. The van der Waals surface area contributed by atoms with Gasteiger partial charge < -0.3 is 4.74 Å². The molecular weight excluding hydrogens is 178 g/mol. The van der Waals surface area contributed by atoms with Crippen molar-refractivity contribution in [3.63, 3.8) is 0 Å². The summed E-state index contributed by atoms with van der Waals surface area (Å²) in [4.78, 5) is 13.4. The number of likely N-dealkylation sites (N-methyl/N-ethyl adjacent to an activating group) is 1. The van der Waals surface area contributed by atoms with Crippen LogP contribution in [0.25, 0.3) is 0 Å². The number of unbranched alkanes of at least 4 members (excludes halogenated alkanes) is 1. The number of ether oxygens (including phenoxy) is 1. The SMILES string of the molecule is CCCCN(CC)CC(=O)OC(C)C. The number of carbonyl (C=O) groups excluding carboxylic acids is 1. The minimum atomic E-state index is -0.113. The molecule has 0 N–H and O–H groups in total. The van der Waals surface area contributed by atoms with Crippen LogP contribution in [0.2, 0.25) is 0 Å². The van der Waals surface area contributed by atoms with E-state index in [1.165, 1.54) is 0 Å². The van der Waals surface area contributed by atoms with Gasteiger partial charge in [0.25, 0.3) is 0 Å². The summed E-state index contributed by atoms with van der Waals surface area (Å²) in [7, 11) is 0. The minimum absolute atomic E-state index is 0.00705. The van der Waals surface area contributed by atoms with Crippen LogP contribution >= 0.6 is 0 Å². The Hall–Kier alpha value is -0.570. The van der Waals surface area contributed by atoms with Crippen LogP contribution in [0, 0.1) is 0 Å². The smallest absolute Gasteiger partial charge is 0.320 e. The van der Waals surface area contributed by atoms with Crippen molar-refractivity contribution in [1.29, 1.82) is 0 Å². The third-order valence-corrected chi connectivity index (χ3v) is 1.99. The van der Waals surface area contributed by atoms with Crippen molar-refractivity contribution in [2.45, 2.75) is 46.6 Å². The van der Waals surface area contributed by atoms with Crippen molar-refractivity contribution in [2.75, 3.05) is 19.6 Å². The number of rotatable bonds is 7. The predicted octanol–water partition coefficient (Wildman–Crippen LogP) is 2.06. The van der Waals surface area contributed by atoms with E-state index in [0.717, 1.165) is 25.9 Å². The monoisotopic (exact) mass is 201 g/mol. The highest BCUT2D eigenvalue weighted by atomic mass is 16.5. The molecule has 0 aromatic heterocycles. The van der Waals surface area contributed by atoms with Crippen molar-refractivity contribution in [3.05, 3.63) is 0 Å². The summed E-state index contributed by atoms with van der Waals surface area (Å²) < 4.78 is 5.08. The zero-order valence-electron chi connectivity index (χ0n) is 9.88. The first kappa shape index (κ1) is 13.4. The second kappa shape index (κ2) is 7.80. The van der Waals surface area contributed by atoms with Gasteiger partial charge in [0.15, 0.2) is 0 Å². The van der Waals surface area contributed by atoms with Crippen LogP contribution in [-0.2, 0) is 9.53 Å². The molecule has 3 heteroatoms. The Kier molecular flexibility index (Phi) is 7.48. The van der Waals surface area contributed by atoms with E-state index in [1.807, 2.05) is 13.8 Å². The molecule has 0 bridgehead atoms. The molecule has 0 aromatic carbocycles. The first-order valence-electron chi connectivity index (χ1n) is 5.52. The molecule has 0 amide bonds. The molecular formula is C11H23NO2. The predicted molar refractivity (Wildman–Crippen MR) is 58.3 cm³/mol. The molecule has 0 aliphatic rings. The first-order chi connectivity index (χ1) is 6.60. The van der Waals surface area contributed by atoms with Crippen LogP contribution in [0.4, 0.5) is 0 Å². The van der Waals surface area contributed by atoms with E-state index in [-0.39, 0.29) is 12.1 Å². The zero-order chi connectivity index (χ0) is 11.0. The Balaban J connectivity index is 3.74. The van der Waals surface area contributed by atoms with E-state index in [0.29, 0.717) is 6.54 Å². The van der Waals surface area contributed by atoms with Crippen LogP contribution in [-0.4, -0.2) is 36.6 Å². The van der Waals surface area contributed by atoms with Crippen LogP contribution in [0.5, 0.6) is 0 Å². The standard InChI is InChI=1S/C11H23NO2/c1-5-7-8-12(6-2)9-11(13)14-10(3)4/h10H,5-9H2,1-4H3. The third kappa shape index (κ3) is 6.89. The van der Waals surface area contributed by atoms with E-state index in [9.17, 15) is 4.79 Å². The molecule has 0 radical (unpaired) electrons. The summed E-state index contributed by atoms with van der Waals surface area (Å²) in [6.45, 7) is 10.3. The molecule has 0 heterocycles. The Bertz CT molecular complexity index is 157. The highest BCUT2D eigenvalue weighted by Crippen LogP contribution is 1.97. The van der Waals surface area contributed by atoms with Gasteiger partial charge in [-0.3, -0.25) is 9.69 Å². The average Bonchev–Trinajstić information content (AvgIpc) is 2.10. The van der Waals surface area contributed by atoms with Gasteiger partial charge in [-0.1, -0.05) is 20.3 Å². The van der Waals surface area contributed by atoms with Gasteiger partial charge in [-0.25, -0.2) is 0 Å². The fourth-order valence-electron chi connectivity index (χ4n) is 1.21. The number of hydrogen-bond donors (Lipinski definition) is 0. The maximum Gasteiger partial charge on any atom is 0.320 e. The summed E-state index contributed by atoms with van der Waals surface area (Å²) in [5.41, 5.74) is 0. The van der Waals surface area contributed by atoms with E-state index in [4.69, 9.17) is 4.74 Å². The summed E-state index contributed by atoms with van der Waals surface area (Å²) in [6, 6.07) is 0. The molecule has 14 heavy (non-hydrogen) atoms. The lowest BCUT2D eigenvalue weighted by atomic mass is 10.3. The van der Waals surface area contributed by atoms with E-state index in [1.54, 1.807) is 0 Å². The van der Waals surface area contributed by atoms with Gasteiger partial charge in [0.05, 0.1) is 12.6 Å². The molecule has 3 nitrogen and oxygen atoms in total. The molecule has 0 aromatic rings. The Morgan fingerprint density at radius 1 is 1.36 bits per heavy atom. The van der Waals surface area contributed by atoms with Gasteiger partial charge in [-0.15, -0.1) is 0 Å². The lowest BCUT2D eigenvalue weighted by Gasteiger charge is -2.19. The third-order valence-electron chi connectivity index (χ3n) is 1.99. The summed E-state index contributed by atoms with van der Waals surface area (Å²) >= 11 is 0. The van der Waals surface area contributed by atoms with Gasteiger partial charge in [-0.2, -0.15) is 0 Å². The minimum Gasteiger partial charge on any atom is -0.462 e. The van der Waals surface area contributed by atoms with Gasteiger partial charge in [0.2, 0.25) is 0 Å². The topological polar surface area (TPSA) is 29.5 Å². The maximum absolute atomic E-state index is 11.3. The van der Waals surface area contributed by atoms with Crippen LogP contribution < -0.4 is 0 Å². The fourth-order valence-corrected chi connectivity index (χ4v) is 1.21. The number of carbonyl (C=O) groups is 1. The second-order valence-electron chi connectivity index (χ2n) is 3.76. The van der Waals surface area contributed by atoms with Crippen LogP contribution in [0.1, 0.15) is 40.5 Å². The molecule has 0 aliphatic carbocycles. The van der Waals surface area contributed by atoms with Gasteiger partial charge >= 0.3 is 5.97 Å². The number of hydrogen-bond acceptors (Lipinski definition) is 3. The summed E-state index contributed by atoms with van der Waals surface area (Å²) in [5, 5.41) is 0. The van der Waals surface area contributed by atoms with Gasteiger partial charge in [-0.05, 0) is 33.4 Å². The van der Waals surface area contributed by atoms with Crippen molar-refractivity contribution >= 4 is 5.97 Å². The molecule has 0 saturated heterocycles. The molecule has 0 unspecified atom stereocenters. The molecule has 0 aliphatic heterocycles. The van der Waals surface area contributed by atoms with Crippen LogP contribution in [0.15, 0.2) is 0 Å². The highest BCUT2D eigenvalue weighted by Gasteiger charge is 2.10. The van der Waals surface area contributed by atoms with Crippen molar-refractivity contribution in [3.8, 4) is 0 Å². The Labute approximate surface area is 87.4 Å². The van der Waals surface area contributed by atoms with Crippen molar-refractivity contribution in [2.24, 2.45) is 0 Å². The Morgan fingerprint density at radius 2 is 2.00 bits per heavy atom. The first-order valence-corrected chi connectivity index (χ1v) is 5.52. The van der Waals surface area contributed by atoms with Gasteiger partial charge in [0.1, 0.15) is 0 Å². The summed E-state index contributed by atoms with van der Waals surface area (Å²) in [5.74, 6) is -0.113. The zero-order valence-corrected chi connectivity index (χ0v) is 9.88. The second-order valence-corrected chi connectivity index (χ2v) is 3.76. The van der Waals surface area contributed by atoms with Crippen molar-refractivity contribution < 1.29 is 9.53 Å². The van der Waals surface area contributed by atoms with E-state index in [2.05, 4.69) is 18.7 Å². The highest BCUT2D eigenvalue weighted by molar-refractivity contribution is 5.71. The largest absolute Gasteiger partial charge is 0.462 e.